The summed E-state index contributed by atoms with van der Waals surface area (Å²) >= 11 is 0. The normalized spacial score (nSPS) is 13.1. The van der Waals surface area contributed by atoms with Crippen LogP contribution in [0.15, 0.2) is 47.4 Å². The van der Waals surface area contributed by atoms with Gasteiger partial charge in [-0.3, -0.25) is 4.79 Å². The van der Waals surface area contributed by atoms with Crippen molar-refractivity contribution in [1.29, 1.82) is 0 Å². The molecule has 1 aliphatic rings. The van der Waals surface area contributed by atoms with Crippen molar-refractivity contribution >= 4 is 21.6 Å². The second-order valence-corrected chi connectivity index (χ2v) is 10.4. The number of rotatable bonds is 10. The molecule has 0 saturated carbocycles. The fourth-order valence-electron chi connectivity index (χ4n) is 3.26. The van der Waals surface area contributed by atoms with E-state index in [1.165, 1.54) is 16.4 Å². The van der Waals surface area contributed by atoms with Crippen LogP contribution in [0, 0.1) is 11.8 Å². The average Bonchev–Trinajstić information content (AvgIpc) is 3.19. The minimum absolute atomic E-state index is 0.164. The van der Waals surface area contributed by atoms with Crippen LogP contribution in [0.3, 0.4) is 0 Å². The summed E-state index contributed by atoms with van der Waals surface area (Å²) in [6, 6.07) is 11.3. The molecule has 0 aliphatic carbocycles. The highest BCUT2D eigenvalue weighted by Gasteiger charge is 2.26. The number of nitrogens with one attached hydrogen (secondary N) is 1. The molecule has 1 aliphatic heterocycles. The summed E-state index contributed by atoms with van der Waals surface area (Å²) in [6.07, 6.45) is 0. The largest absolute Gasteiger partial charge is 0.484 e. The van der Waals surface area contributed by atoms with Crippen LogP contribution in [0.1, 0.15) is 27.7 Å². The predicted octanol–water partition coefficient (Wildman–Crippen LogP) is 3.74. The van der Waals surface area contributed by atoms with Crippen LogP contribution >= 0.6 is 0 Å². The van der Waals surface area contributed by atoms with Gasteiger partial charge in [-0.25, -0.2) is 8.42 Å². The molecule has 0 saturated heterocycles. The quantitative estimate of drug-likeness (QED) is 0.578. The van der Waals surface area contributed by atoms with Crippen molar-refractivity contribution < 1.29 is 27.4 Å². The number of benzene rings is 2. The van der Waals surface area contributed by atoms with Crippen LogP contribution in [0.5, 0.6) is 17.2 Å². The molecule has 2 aromatic rings. The smallest absolute Gasteiger partial charge is 0.262 e. The summed E-state index contributed by atoms with van der Waals surface area (Å²) in [5, 5.41) is 2.71. The Morgan fingerprint density at radius 1 is 1.00 bits per heavy atom. The third-order valence-corrected chi connectivity index (χ3v) is 6.47. The minimum atomic E-state index is -3.61. The average molecular weight is 463 g/mol. The van der Waals surface area contributed by atoms with E-state index < -0.39 is 10.0 Å². The van der Waals surface area contributed by atoms with E-state index in [9.17, 15) is 13.2 Å². The number of sulfonamides is 1. The summed E-state index contributed by atoms with van der Waals surface area (Å²) < 4.78 is 43.7. The summed E-state index contributed by atoms with van der Waals surface area (Å²) in [5.41, 5.74) is 0.488. The van der Waals surface area contributed by atoms with E-state index in [1.807, 2.05) is 27.7 Å². The number of amides is 1. The molecule has 0 aromatic heterocycles. The molecule has 174 valence electrons. The molecule has 8 nitrogen and oxygen atoms in total. The lowest BCUT2D eigenvalue weighted by Gasteiger charge is -2.25. The first-order chi connectivity index (χ1) is 15.1. The van der Waals surface area contributed by atoms with Gasteiger partial charge in [0.1, 0.15) is 5.75 Å². The van der Waals surface area contributed by atoms with E-state index in [2.05, 4.69) is 5.32 Å². The minimum Gasteiger partial charge on any atom is -0.484 e. The van der Waals surface area contributed by atoms with Crippen LogP contribution in [0.25, 0.3) is 0 Å². The third kappa shape index (κ3) is 6.14. The number of ether oxygens (including phenoxy) is 3. The molecule has 3 rings (SSSR count). The molecule has 1 heterocycles. The van der Waals surface area contributed by atoms with Gasteiger partial charge in [0.05, 0.1) is 4.90 Å². The number of fused-ring (bicyclic) bond motifs is 1. The van der Waals surface area contributed by atoms with Gasteiger partial charge in [0.2, 0.25) is 16.8 Å². The second kappa shape index (κ2) is 10.2. The van der Waals surface area contributed by atoms with Gasteiger partial charge in [-0.05, 0) is 48.2 Å². The fourth-order valence-corrected chi connectivity index (χ4v) is 5.02. The molecule has 1 amide bonds. The van der Waals surface area contributed by atoms with Gasteiger partial charge in [0.15, 0.2) is 18.1 Å². The summed E-state index contributed by atoms with van der Waals surface area (Å²) in [6.45, 7) is 8.85. The molecular weight excluding hydrogens is 432 g/mol. The van der Waals surface area contributed by atoms with Crippen molar-refractivity contribution in [3.8, 4) is 17.2 Å². The monoisotopic (exact) mass is 462 g/mol. The van der Waals surface area contributed by atoms with E-state index in [0.717, 1.165) is 0 Å². The van der Waals surface area contributed by atoms with Crippen molar-refractivity contribution in [1.82, 2.24) is 4.31 Å². The van der Waals surface area contributed by atoms with Crippen molar-refractivity contribution in [2.45, 2.75) is 32.6 Å². The molecule has 0 fully saturated rings. The van der Waals surface area contributed by atoms with E-state index in [1.54, 1.807) is 30.3 Å². The van der Waals surface area contributed by atoms with Gasteiger partial charge in [-0.1, -0.05) is 27.7 Å². The van der Waals surface area contributed by atoms with Gasteiger partial charge in [-0.15, -0.1) is 0 Å². The van der Waals surface area contributed by atoms with Crippen LogP contribution in [0.2, 0.25) is 0 Å². The zero-order chi connectivity index (χ0) is 23.3. The summed E-state index contributed by atoms with van der Waals surface area (Å²) in [5.74, 6) is 1.76. The molecule has 0 spiro atoms. The first-order valence-electron chi connectivity index (χ1n) is 10.6. The Morgan fingerprint density at radius 2 is 1.62 bits per heavy atom. The molecule has 0 radical (unpaired) electrons. The van der Waals surface area contributed by atoms with E-state index in [4.69, 9.17) is 14.2 Å². The Kier molecular flexibility index (Phi) is 7.63. The third-order valence-electron chi connectivity index (χ3n) is 4.63. The van der Waals surface area contributed by atoms with Crippen molar-refractivity contribution in [2.24, 2.45) is 11.8 Å². The van der Waals surface area contributed by atoms with Gasteiger partial charge in [0, 0.05) is 24.8 Å². The molecule has 32 heavy (non-hydrogen) atoms. The maximum absolute atomic E-state index is 13.1. The number of hydrogen-bond donors (Lipinski definition) is 1. The van der Waals surface area contributed by atoms with E-state index in [0.29, 0.717) is 36.0 Å². The lowest BCUT2D eigenvalue weighted by molar-refractivity contribution is -0.118. The molecule has 0 atom stereocenters. The van der Waals surface area contributed by atoms with Crippen molar-refractivity contribution in [3.63, 3.8) is 0 Å². The zero-order valence-electron chi connectivity index (χ0n) is 18.8. The Morgan fingerprint density at radius 3 is 2.25 bits per heavy atom. The predicted molar refractivity (Wildman–Crippen MR) is 122 cm³/mol. The fraction of sp³-hybridized carbons (Fsp3) is 0.435. The molecular formula is C23H30N2O6S. The SMILES string of the molecule is CC(C)CN(CC(C)C)S(=O)(=O)c1ccc(NC(=O)COc2ccc3c(c2)OCO3)cc1. The topological polar surface area (TPSA) is 94.2 Å². The Bertz CT molecular complexity index is 1020. The van der Waals surface area contributed by atoms with Crippen molar-refractivity contribution in [2.75, 3.05) is 31.8 Å². The summed E-state index contributed by atoms with van der Waals surface area (Å²) in [4.78, 5) is 12.4. The highest BCUT2D eigenvalue weighted by Crippen LogP contribution is 2.35. The van der Waals surface area contributed by atoms with Gasteiger partial charge >= 0.3 is 0 Å². The maximum Gasteiger partial charge on any atom is 0.262 e. The van der Waals surface area contributed by atoms with E-state index in [-0.39, 0.29) is 36.0 Å². The Labute approximate surface area is 189 Å². The number of hydrogen-bond acceptors (Lipinski definition) is 6. The number of nitrogens with zero attached hydrogens (tertiary/aromatic N) is 1. The van der Waals surface area contributed by atoms with Crippen LogP contribution in [0.4, 0.5) is 5.69 Å². The van der Waals surface area contributed by atoms with E-state index >= 15 is 0 Å². The molecule has 1 N–H and O–H groups in total. The van der Waals surface area contributed by atoms with Gasteiger partial charge in [0.25, 0.3) is 5.91 Å². The van der Waals surface area contributed by atoms with Gasteiger partial charge < -0.3 is 19.5 Å². The van der Waals surface area contributed by atoms with Gasteiger partial charge in [-0.2, -0.15) is 4.31 Å². The van der Waals surface area contributed by atoms with Crippen LogP contribution in [-0.2, 0) is 14.8 Å². The zero-order valence-corrected chi connectivity index (χ0v) is 19.6. The Hall–Kier alpha value is -2.78. The van der Waals surface area contributed by atoms with Crippen molar-refractivity contribution in [3.05, 3.63) is 42.5 Å². The highest BCUT2D eigenvalue weighted by atomic mass is 32.2. The number of carbonyl (C=O) groups is 1. The lowest BCUT2D eigenvalue weighted by atomic mass is 10.2. The molecule has 2 aromatic carbocycles. The van der Waals surface area contributed by atoms with Crippen LogP contribution < -0.4 is 19.5 Å². The number of anilines is 1. The Balaban J connectivity index is 1.60. The van der Waals surface area contributed by atoms with Crippen LogP contribution in [-0.4, -0.2) is 45.1 Å². The first kappa shape index (κ1) is 23.9. The lowest BCUT2D eigenvalue weighted by Crippen LogP contribution is -2.37. The first-order valence-corrected chi connectivity index (χ1v) is 12.0. The standard InChI is InChI=1S/C23H30N2O6S/c1-16(2)12-25(13-17(3)4)32(27,28)20-8-5-18(6-9-20)24-23(26)14-29-19-7-10-21-22(11-19)31-15-30-21/h5-11,16-17H,12-15H2,1-4H3,(H,24,26). The molecule has 9 heteroatoms. The maximum atomic E-state index is 13.1. The number of carbonyl (C=O) groups excluding carboxylic acids is 1. The summed E-state index contributed by atoms with van der Waals surface area (Å²) in [7, 11) is -3.61. The second-order valence-electron chi connectivity index (χ2n) is 8.49. The molecule has 0 bridgehead atoms. The highest BCUT2D eigenvalue weighted by molar-refractivity contribution is 7.89. The molecule has 0 unspecified atom stereocenters.